The van der Waals surface area contributed by atoms with Crippen LogP contribution in [-0.2, 0) is 0 Å². The highest BCUT2D eigenvalue weighted by molar-refractivity contribution is 4.77. The van der Waals surface area contributed by atoms with Crippen molar-refractivity contribution >= 4 is 0 Å². The lowest BCUT2D eigenvalue weighted by molar-refractivity contribution is 0.288. The fraction of sp³-hybridized carbons (Fsp3) is 1.00. The maximum absolute atomic E-state index is 3.66. The summed E-state index contributed by atoms with van der Waals surface area (Å²) < 4.78 is 0. The lowest BCUT2D eigenvalue weighted by atomic mass is 9.87. The molecule has 0 aromatic carbocycles. The Hall–Kier alpha value is -0.0800. The van der Waals surface area contributed by atoms with Crippen molar-refractivity contribution in [1.29, 1.82) is 0 Å². The van der Waals surface area contributed by atoms with E-state index in [4.69, 9.17) is 0 Å². The van der Waals surface area contributed by atoms with E-state index >= 15 is 0 Å². The molecule has 0 aromatic rings. The molecule has 102 valence electrons. The molecule has 1 aliphatic rings. The highest BCUT2D eigenvalue weighted by atomic mass is 15.0. The predicted molar refractivity (Wildman–Crippen MR) is 76.4 cm³/mol. The summed E-state index contributed by atoms with van der Waals surface area (Å²) in [6.07, 6.45) is 9.56. The first-order valence-corrected chi connectivity index (χ1v) is 7.58. The van der Waals surface area contributed by atoms with Crippen molar-refractivity contribution in [3.05, 3.63) is 0 Å². The minimum atomic E-state index is 0.462. The van der Waals surface area contributed by atoms with Crippen molar-refractivity contribution in [2.24, 2.45) is 5.41 Å². The lowest BCUT2D eigenvalue weighted by Crippen LogP contribution is -2.43. The van der Waals surface area contributed by atoms with E-state index in [1.54, 1.807) is 0 Å². The van der Waals surface area contributed by atoms with Gasteiger partial charge >= 0.3 is 0 Å². The van der Waals surface area contributed by atoms with Crippen LogP contribution in [0.5, 0.6) is 0 Å². The van der Waals surface area contributed by atoms with Crippen molar-refractivity contribution in [2.75, 3.05) is 19.6 Å². The average Bonchev–Trinajstić information content (AvgIpc) is 2.30. The summed E-state index contributed by atoms with van der Waals surface area (Å²) in [4.78, 5) is 0. The van der Waals surface area contributed by atoms with Crippen molar-refractivity contribution < 1.29 is 0 Å². The predicted octanol–water partition coefficient (Wildman–Crippen LogP) is 3.32. The van der Waals surface area contributed by atoms with E-state index in [1.165, 1.54) is 51.5 Å². The molecule has 1 unspecified atom stereocenters. The van der Waals surface area contributed by atoms with E-state index in [0.717, 1.165) is 19.1 Å². The Labute approximate surface area is 108 Å². The summed E-state index contributed by atoms with van der Waals surface area (Å²) >= 11 is 0. The second kappa shape index (κ2) is 8.10. The molecular formula is C15H32N2. The number of piperidine rings is 1. The van der Waals surface area contributed by atoms with Crippen LogP contribution >= 0.6 is 0 Å². The Morgan fingerprint density at radius 2 is 2.06 bits per heavy atom. The number of hydrogen-bond acceptors (Lipinski definition) is 2. The first-order chi connectivity index (χ1) is 8.14. The Morgan fingerprint density at radius 3 is 2.71 bits per heavy atom. The van der Waals surface area contributed by atoms with Crippen molar-refractivity contribution in [3.8, 4) is 0 Å². The van der Waals surface area contributed by atoms with Crippen LogP contribution in [0.2, 0.25) is 0 Å². The fourth-order valence-corrected chi connectivity index (χ4v) is 2.62. The molecule has 0 radical (unpaired) electrons. The molecule has 1 fully saturated rings. The molecule has 0 bridgehead atoms. The molecule has 17 heavy (non-hydrogen) atoms. The minimum Gasteiger partial charge on any atom is -0.315 e. The van der Waals surface area contributed by atoms with Gasteiger partial charge in [-0.3, -0.25) is 0 Å². The number of rotatable bonds is 8. The molecule has 0 spiro atoms. The molecule has 0 saturated carbocycles. The lowest BCUT2D eigenvalue weighted by Gasteiger charge is -2.28. The van der Waals surface area contributed by atoms with Crippen LogP contribution in [0.15, 0.2) is 0 Å². The third-order valence-corrected chi connectivity index (χ3v) is 3.86. The van der Waals surface area contributed by atoms with Crippen molar-refractivity contribution in [1.82, 2.24) is 10.6 Å². The molecule has 1 heterocycles. The Balaban J connectivity index is 2.06. The quantitative estimate of drug-likeness (QED) is 0.636. The van der Waals surface area contributed by atoms with Gasteiger partial charge in [-0.2, -0.15) is 0 Å². The molecule has 0 amide bonds. The summed E-state index contributed by atoms with van der Waals surface area (Å²) in [5, 5.41) is 7.25. The fourth-order valence-electron chi connectivity index (χ4n) is 2.62. The van der Waals surface area contributed by atoms with E-state index < -0.39 is 0 Å². The van der Waals surface area contributed by atoms with Gasteiger partial charge in [-0.25, -0.2) is 0 Å². The van der Waals surface area contributed by atoms with E-state index in [0.29, 0.717) is 5.41 Å². The van der Waals surface area contributed by atoms with Gasteiger partial charge in [0.05, 0.1) is 0 Å². The average molecular weight is 240 g/mol. The van der Waals surface area contributed by atoms with E-state index in [9.17, 15) is 0 Å². The van der Waals surface area contributed by atoms with Gasteiger partial charge in [0.25, 0.3) is 0 Å². The number of nitrogens with one attached hydrogen (secondary N) is 2. The summed E-state index contributed by atoms with van der Waals surface area (Å²) in [5.74, 6) is 0. The van der Waals surface area contributed by atoms with Gasteiger partial charge < -0.3 is 10.6 Å². The SMILES string of the molecule is CCCCCC(C)(C)CNCC1CCCCN1. The normalized spacial score (nSPS) is 21.7. The van der Waals surface area contributed by atoms with E-state index in [1.807, 2.05) is 0 Å². The minimum absolute atomic E-state index is 0.462. The van der Waals surface area contributed by atoms with Gasteiger partial charge in [0, 0.05) is 19.1 Å². The second-order valence-electron chi connectivity index (χ2n) is 6.40. The number of unbranched alkanes of at least 4 members (excludes halogenated alkanes) is 2. The standard InChI is InChI=1S/C15H32N2/c1-4-5-7-10-15(2,3)13-16-12-14-9-6-8-11-17-14/h14,16-17H,4-13H2,1-3H3. The van der Waals surface area contributed by atoms with E-state index in [-0.39, 0.29) is 0 Å². The van der Waals surface area contributed by atoms with Gasteiger partial charge in [0.2, 0.25) is 0 Å². The molecule has 1 aliphatic heterocycles. The molecule has 0 aromatic heterocycles. The Kier molecular flexibility index (Phi) is 7.14. The summed E-state index contributed by atoms with van der Waals surface area (Å²) in [5.41, 5.74) is 0.462. The van der Waals surface area contributed by atoms with Gasteiger partial charge in [0.1, 0.15) is 0 Å². The largest absolute Gasteiger partial charge is 0.315 e. The van der Waals surface area contributed by atoms with E-state index in [2.05, 4.69) is 31.4 Å². The summed E-state index contributed by atoms with van der Waals surface area (Å²) in [6, 6.07) is 0.718. The maximum Gasteiger partial charge on any atom is 0.0192 e. The maximum atomic E-state index is 3.66. The molecule has 0 aliphatic carbocycles. The molecule has 1 saturated heterocycles. The number of hydrogen-bond donors (Lipinski definition) is 2. The Bertz CT molecular complexity index is 183. The van der Waals surface area contributed by atoms with Crippen LogP contribution in [0, 0.1) is 5.41 Å². The highest BCUT2D eigenvalue weighted by Gasteiger charge is 2.18. The monoisotopic (exact) mass is 240 g/mol. The van der Waals surface area contributed by atoms with Crippen LogP contribution in [-0.4, -0.2) is 25.7 Å². The smallest absolute Gasteiger partial charge is 0.0192 e. The molecule has 2 nitrogen and oxygen atoms in total. The second-order valence-corrected chi connectivity index (χ2v) is 6.40. The van der Waals surface area contributed by atoms with Crippen LogP contribution in [0.25, 0.3) is 0 Å². The molecule has 1 rings (SSSR count). The first kappa shape index (κ1) is 15.0. The third kappa shape index (κ3) is 7.05. The zero-order valence-corrected chi connectivity index (χ0v) is 12.1. The van der Waals surface area contributed by atoms with Crippen molar-refractivity contribution in [3.63, 3.8) is 0 Å². The van der Waals surface area contributed by atoms with Crippen LogP contribution in [0.3, 0.4) is 0 Å². The van der Waals surface area contributed by atoms with Crippen LogP contribution in [0.1, 0.15) is 65.7 Å². The molecular weight excluding hydrogens is 208 g/mol. The molecule has 2 N–H and O–H groups in total. The highest BCUT2D eigenvalue weighted by Crippen LogP contribution is 2.22. The van der Waals surface area contributed by atoms with Gasteiger partial charge in [0.15, 0.2) is 0 Å². The van der Waals surface area contributed by atoms with Gasteiger partial charge in [-0.05, 0) is 31.2 Å². The third-order valence-electron chi connectivity index (χ3n) is 3.86. The molecule has 2 heteroatoms. The van der Waals surface area contributed by atoms with Crippen LogP contribution < -0.4 is 10.6 Å². The molecule has 1 atom stereocenters. The first-order valence-electron chi connectivity index (χ1n) is 7.58. The summed E-state index contributed by atoms with van der Waals surface area (Å²) in [6.45, 7) is 10.6. The Morgan fingerprint density at radius 1 is 1.24 bits per heavy atom. The van der Waals surface area contributed by atoms with Gasteiger partial charge in [-0.15, -0.1) is 0 Å². The zero-order chi connectivity index (χ0) is 12.6. The topological polar surface area (TPSA) is 24.1 Å². The zero-order valence-electron chi connectivity index (χ0n) is 12.1. The van der Waals surface area contributed by atoms with Gasteiger partial charge in [-0.1, -0.05) is 46.5 Å². The summed E-state index contributed by atoms with van der Waals surface area (Å²) in [7, 11) is 0. The van der Waals surface area contributed by atoms with Crippen LogP contribution in [0.4, 0.5) is 0 Å². The van der Waals surface area contributed by atoms with Crippen molar-refractivity contribution in [2.45, 2.75) is 71.8 Å².